The van der Waals surface area contributed by atoms with Crippen LogP contribution in [0.25, 0.3) is 0 Å². The Balaban J connectivity index is 2.47. The molecule has 4 atom stereocenters. The first kappa shape index (κ1) is 34.9. The number of unbranched alkanes of at least 4 members (excludes halogenated alkanes) is 2. The standard InChI is InChI=1S/C24H44O12P2/c1-16(14-33-10-6-8-12-37(27,28)29)24(26)36-23-19(4)17(2)22(18(3)20(23)5)35-21(25)15-34-11-7-9-13-38(30,31)32/h17-20,22-23H,1,6-15H2,2-5H3,(H2,27,28,29)(H2,30,31,32). The lowest BCUT2D eigenvalue weighted by molar-refractivity contribution is -0.183. The molecule has 38 heavy (non-hydrogen) atoms. The van der Waals surface area contributed by atoms with Gasteiger partial charge in [0.1, 0.15) is 18.8 Å². The van der Waals surface area contributed by atoms with Gasteiger partial charge in [-0.2, -0.15) is 0 Å². The maximum absolute atomic E-state index is 12.6. The summed E-state index contributed by atoms with van der Waals surface area (Å²) in [6, 6.07) is 0. The highest BCUT2D eigenvalue weighted by Gasteiger charge is 2.47. The summed E-state index contributed by atoms with van der Waals surface area (Å²) in [5, 5.41) is 0. The van der Waals surface area contributed by atoms with Gasteiger partial charge in [0.25, 0.3) is 0 Å². The van der Waals surface area contributed by atoms with E-state index in [4.69, 9.17) is 38.5 Å². The largest absolute Gasteiger partial charge is 0.460 e. The predicted octanol–water partition coefficient (Wildman–Crippen LogP) is 2.87. The van der Waals surface area contributed by atoms with Gasteiger partial charge in [-0.25, -0.2) is 9.59 Å². The highest BCUT2D eigenvalue weighted by molar-refractivity contribution is 7.52. The first-order valence-electron chi connectivity index (χ1n) is 12.9. The lowest BCUT2D eigenvalue weighted by atomic mass is 9.67. The molecule has 0 aromatic rings. The summed E-state index contributed by atoms with van der Waals surface area (Å²) < 4.78 is 43.9. The molecule has 0 aliphatic heterocycles. The summed E-state index contributed by atoms with van der Waals surface area (Å²) in [6.45, 7) is 11.6. The van der Waals surface area contributed by atoms with E-state index in [9.17, 15) is 18.7 Å². The summed E-state index contributed by atoms with van der Waals surface area (Å²) in [7, 11) is -8.05. The van der Waals surface area contributed by atoms with Crippen LogP contribution in [0.5, 0.6) is 0 Å². The molecule has 0 bridgehead atoms. The highest BCUT2D eigenvalue weighted by atomic mass is 31.2. The summed E-state index contributed by atoms with van der Waals surface area (Å²) in [5.41, 5.74) is 0.145. The average Bonchev–Trinajstić information content (AvgIpc) is 2.81. The zero-order chi connectivity index (χ0) is 29.1. The predicted molar refractivity (Wildman–Crippen MR) is 139 cm³/mol. The van der Waals surface area contributed by atoms with E-state index < -0.39 is 39.3 Å². The minimum absolute atomic E-state index is 0.0467. The minimum Gasteiger partial charge on any atom is -0.460 e. The van der Waals surface area contributed by atoms with Crippen LogP contribution < -0.4 is 0 Å². The van der Waals surface area contributed by atoms with Gasteiger partial charge >= 0.3 is 27.1 Å². The summed E-state index contributed by atoms with van der Waals surface area (Å²) >= 11 is 0. The van der Waals surface area contributed by atoms with Crippen molar-refractivity contribution in [1.29, 1.82) is 0 Å². The molecule has 0 aromatic carbocycles. The Morgan fingerprint density at radius 2 is 1.08 bits per heavy atom. The van der Waals surface area contributed by atoms with Crippen LogP contribution in [0, 0.1) is 23.7 Å². The van der Waals surface area contributed by atoms with E-state index in [0.29, 0.717) is 25.7 Å². The van der Waals surface area contributed by atoms with Gasteiger partial charge in [0.15, 0.2) is 0 Å². The van der Waals surface area contributed by atoms with Crippen LogP contribution in [0.2, 0.25) is 0 Å². The fourth-order valence-corrected chi connectivity index (χ4v) is 5.70. The quantitative estimate of drug-likeness (QED) is 0.0846. The molecule has 4 unspecified atom stereocenters. The van der Waals surface area contributed by atoms with Gasteiger partial charge in [0.2, 0.25) is 0 Å². The van der Waals surface area contributed by atoms with Crippen LogP contribution >= 0.6 is 15.2 Å². The molecule has 14 heteroatoms. The van der Waals surface area contributed by atoms with E-state index >= 15 is 0 Å². The van der Waals surface area contributed by atoms with Crippen molar-refractivity contribution in [2.45, 2.75) is 65.6 Å². The molecule has 1 aliphatic rings. The van der Waals surface area contributed by atoms with Gasteiger partial charge in [-0.15, -0.1) is 0 Å². The van der Waals surface area contributed by atoms with Crippen LogP contribution in [-0.2, 0) is 37.7 Å². The number of carbonyl (C=O) groups is 2. The lowest BCUT2D eigenvalue weighted by Crippen LogP contribution is -2.52. The Labute approximate surface area is 224 Å². The number of esters is 2. The van der Waals surface area contributed by atoms with Crippen LogP contribution in [0.3, 0.4) is 0 Å². The lowest BCUT2D eigenvalue weighted by Gasteiger charge is -2.46. The van der Waals surface area contributed by atoms with Gasteiger partial charge in [-0.05, 0) is 49.4 Å². The topological polar surface area (TPSA) is 186 Å². The van der Waals surface area contributed by atoms with Gasteiger partial charge in [0.05, 0.1) is 12.2 Å². The molecule has 0 spiro atoms. The molecule has 12 nitrogen and oxygen atoms in total. The fourth-order valence-electron chi connectivity index (χ4n) is 4.43. The third-order valence-electron chi connectivity index (χ3n) is 7.00. The maximum Gasteiger partial charge on any atom is 0.336 e. The average molecular weight is 587 g/mol. The first-order valence-corrected chi connectivity index (χ1v) is 16.5. The van der Waals surface area contributed by atoms with E-state index in [1.54, 1.807) is 0 Å². The molecule has 0 saturated heterocycles. The normalized spacial score (nSPS) is 26.1. The van der Waals surface area contributed by atoms with Crippen molar-refractivity contribution in [1.82, 2.24) is 0 Å². The second-order valence-electron chi connectivity index (χ2n) is 10.2. The third-order valence-corrected chi connectivity index (χ3v) is 8.80. The number of rotatable bonds is 17. The number of hydrogen-bond acceptors (Lipinski definition) is 8. The highest BCUT2D eigenvalue weighted by Crippen LogP contribution is 2.41. The number of carbonyl (C=O) groups excluding carboxylic acids is 2. The van der Waals surface area contributed by atoms with Crippen molar-refractivity contribution < 1.29 is 57.2 Å². The van der Waals surface area contributed by atoms with Crippen molar-refractivity contribution in [2.75, 3.05) is 38.8 Å². The van der Waals surface area contributed by atoms with Crippen molar-refractivity contribution in [3.05, 3.63) is 12.2 Å². The van der Waals surface area contributed by atoms with E-state index in [1.807, 2.05) is 27.7 Å². The second kappa shape index (κ2) is 16.2. The van der Waals surface area contributed by atoms with Crippen LogP contribution in [-0.4, -0.2) is 82.5 Å². The van der Waals surface area contributed by atoms with Crippen molar-refractivity contribution >= 4 is 27.1 Å². The molecule has 4 N–H and O–H groups in total. The Kier molecular flexibility index (Phi) is 14.9. The molecule has 0 aromatic heterocycles. The molecule has 1 saturated carbocycles. The molecule has 1 fully saturated rings. The van der Waals surface area contributed by atoms with Gasteiger partial charge < -0.3 is 38.5 Å². The molecule has 1 rings (SSSR count). The zero-order valence-electron chi connectivity index (χ0n) is 22.7. The molecule has 0 heterocycles. The molecule has 1 aliphatic carbocycles. The number of ether oxygens (including phenoxy) is 4. The van der Waals surface area contributed by atoms with Gasteiger partial charge in [-0.1, -0.05) is 34.3 Å². The van der Waals surface area contributed by atoms with E-state index in [0.717, 1.165) is 0 Å². The Bertz CT molecular complexity index is 850. The first-order chi connectivity index (χ1) is 17.5. The fraction of sp³-hybridized carbons (Fsp3) is 0.833. The molecule has 0 radical (unpaired) electrons. The third kappa shape index (κ3) is 13.3. The minimum atomic E-state index is -4.03. The molecule has 222 valence electrons. The number of hydrogen-bond donors (Lipinski definition) is 4. The SMILES string of the molecule is C=C(COCCCCP(=O)(O)O)C(=O)OC1C(C)C(C)C(OC(=O)COCCCCP(=O)(O)O)C(C)C1C. The van der Waals surface area contributed by atoms with Gasteiger partial charge in [0, 0.05) is 25.5 Å². The summed E-state index contributed by atoms with van der Waals surface area (Å²) in [4.78, 5) is 60.4. The van der Waals surface area contributed by atoms with E-state index in [1.165, 1.54) is 0 Å². The van der Waals surface area contributed by atoms with E-state index in [-0.39, 0.29) is 68.0 Å². The van der Waals surface area contributed by atoms with Crippen molar-refractivity contribution in [3.63, 3.8) is 0 Å². The van der Waals surface area contributed by atoms with Crippen LogP contribution in [0.4, 0.5) is 0 Å². The molecule has 0 amide bonds. The molecular formula is C24H44O12P2. The van der Waals surface area contributed by atoms with Crippen molar-refractivity contribution in [3.8, 4) is 0 Å². The Morgan fingerprint density at radius 3 is 1.50 bits per heavy atom. The van der Waals surface area contributed by atoms with Crippen LogP contribution in [0.15, 0.2) is 12.2 Å². The van der Waals surface area contributed by atoms with Crippen molar-refractivity contribution in [2.24, 2.45) is 23.7 Å². The summed E-state index contributed by atoms with van der Waals surface area (Å²) in [6.07, 6.45) is 0.214. The summed E-state index contributed by atoms with van der Waals surface area (Å²) in [5.74, 6) is -1.54. The molecular weight excluding hydrogens is 542 g/mol. The smallest absolute Gasteiger partial charge is 0.336 e. The Morgan fingerprint density at radius 1 is 0.684 bits per heavy atom. The monoisotopic (exact) mass is 586 g/mol. The van der Waals surface area contributed by atoms with E-state index in [2.05, 4.69) is 6.58 Å². The maximum atomic E-state index is 12.6. The Hall–Kier alpha value is -1.10. The second-order valence-corrected chi connectivity index (χ2v) is 13.7. The zero-order valence-corrected chi connectivity index (χ0v) is 24.5. The van der Waals surface area contributed by atoms with Gasteiger partial charge in [-0.3, -0.25) is 9.13 Å². The van der Waals surface area contributed by atoms with Crippen LogP contribution in [0.1, 0.15) is 53.4 Å².